The third kappa shape index (κ3) is 2.92. The van der Waals surface area contributed by atoms with Gasteiger partial charge in [-0.05, 0) is 12.5 Å². The van der Waals surface area contributed by atoms with Crippen molar-refractivity contribution in [1.29, 1.82) is 0 Å². The van der Waals surface area contributed by atoms with E-state index in [1.807, 2.05) is 13.8 Å². The lowest BCUT2D eigenvalue weighted by atomic mass is 10.3. The van der Waals surface area contributed by atoms with Crippen molar-refractivity contribution in [2.24, 2.45) is 0 Å². The maximum atomic E-state index is 13.6. The second-order valence-electron chi connectivity index (χ2n) is 3.12. The van der Waals surface area contributed by atoms with Gasteiger partial charge < -0.3 is 5.11 Å². The zero-order valence-electron chi connectivity index (χ0n) is 8.53. The molecule has 0 aromatic carbocycles. The molecule has 0 saturated carbocycles. The van der Waals surface area contributed by atoms with Crippen LogP contribution in [0.2, 0.25) is 0 Å². The summed E-state index contributed by atoms with van der Waals surface area (Å²) in [5, 5.41) is 9.08. The summed E-state index contributed by atoms with van der Waals surface area (Å²) in [5.74, 6) is -2.00. The number of hydrogen-bond acceptors (Lipinski definition) is 3. The second kappa shape index (κ2) is 5.11. The number of halogens is 1. The molecule has 1 rings (SSSR count). The average Bonchev–Trinajstić information content (AvgIpc) is 2.20. The Kier molecular flexibility index (Phi) is 4.08. The highest BCUT2D eigenvalue weighted by Crippen LogP contribution is 2.26. The number of carbonyl (C=O) groups is 1. The van der Waals surface area contributed by atoms with Crippen LogP contribution in [0.4, 0.5) is 4.39 Å². The molecule has 0 bridgehead atoms. The Balaban J connectivity index is 2.99. The molecule has 0 amide bonds. The molecule has 0 aliphatic carbocycles. The molecule has 1 atom stereocenters. The fourth-order valence-corrected chi connectivity index (χ4v) is 1.83. The number of thioether (sulfide) groups is 1. The number of pyridine rings is 1. The molecule has 0 aliphatic heterocycles. The molecule has 0 radical (unpaired) electrons. The summed E-state index contributed by atoms with van der Waals surface area (Å²) < 4.78 is 13.6. The van der Waals surface area contributed by atoms with Crippen LogP contribution in [0, 0.1) is 5.82 Å². The number of carboxylic acids is 1. The molecule has 5 heteroatoms. The van der Waals surface area contributed by atoms with E-state index < -0.39 is 11.8 Å². The summed E-state index contributed by atoms with van der Waals surface area (Å²) in [6.07, 6.45) is 2.19. The maximum absolute atomic E-state index is 13.6. The Hall–Kier alpha value is -1.10. The van der Waals surface area contributed by atoms with Crippen LogP contribution in [0.3, 0.4) is 0 Å². The predicted octanol–water partition coefficient (Wildman–Crippen LogP) is 2.81. The molecule has 0 fully saturated rings. The van der Waals surface area contributed by atoms with Crippen LogP contribution in [0.1, 0.15) is 30.6 Å². The molecule has 1 heterocycles. The first-order chi connectivity index (χ1) is 7.06. The van der Waals surface area contributed by atoms with Crippen molar-refractivity contribution in [3.8, 4) is 0 Å². The van der Waals surface area contributed by atoms with E-state index >= 15 is 0 Å². The number of aromatic carboxylic acids is 1. The van der Waals surface area contributed by atoms with E-state index in [2.05, 4.69) is 4.98 Å². The minimum Gasteiger partial charge on any atom is -0.478 e. The molecular weight excluding hydrogens is 217 g/mol. The molecule has 1 unspecified atom stereocenters. The highest BCUT2D eigenvalue weighted by molar-refractivity contribution is 7.99. The maximum Gasteiger partial charge on any atom is 0.338 e. The van der Waals surface area contributed by atoms with E-state index in [-0.39, 0.29) is 15.8 Å². The van der Waals surface area contributed by atoms with Gasteiger partial charge in [0, 0.05) is 11.4 Å². The first kappa shape index (κ1) is 12.0. The second-order valence-corrected chi connectivity index (χ2v) is 4.55. The Morgan fingerprint density at radius 1 is 1.73 bits per heavy atom. The van der Waals surface area contributed by atoms with Gasteiger partial charge in [0.15, 0.2) is 5.82 Å². The van der Waals surface area contributed by atoms with Gasteiger partial charge in [-0.3, -0.25) is 0 Å². The van der Waals surface area contributed by atoms with Crippen LogP contribution in [-0.2, 0) is 0 Å². The molecule has 0 aliphatic rings. The number of rotatable bonds is 4. The van der Waals surface area contributed by atoms with Gasteiger partial charge in [-0.15, -0.1) is 11.8 Å². The summed E-state index contributed by atoms with van der Waals surface area (Å²) in [6.45, 7) is 3.93. The third-order valence-corrected chi connectivity index (χ3v) is 3.22. The van der Waals surface area contributed by atoms with Gasteiger partial charge in [0.25, 0.3) is 0 Å². The quantitative estimate of drug-likeness (QED) is 0.806. The van der Waals surface area contributed by atoms with E-state index in [0.29, 0.717) is 0 Å². The zero-order valence-corrected chi connectivity index (χ0v) is 9.34. The molecule has 0 spiro atoms. The summed E-state index contributed by atoms with van der Waals surface area (Å²) in [7, 11) is 0. The van der Waals surface area contributed by atoms with Gasteiger partial charge in [-0.1, -0.05) is 13.8 Å². The summed E-state index contributed by atoms with van der Waals surface area (Å²) in [6, 6.07) is 1.17. The van der Waals surface area contributed by atoms with Crippen LogP contribution in [0.25, 0.3) is 0 Å². The van der Waals surface area contributed by atoms with Crippen molar-refractivity contribution < 1.29 is 14.3 Å². The molecule has 0 saturated heterocycles. The van der Waals surface area contributed by atoms with Crippen LogP contribution in [0.5, 0.6) is 0 Å². The van der Waals surface area contributed by atoms with Crippen molar-refractivity contribution in [2.75, 3.05) is 0 Å². The van der Waals surface area contributed by atoms with Crippen LogP contribution >= 0.6 is 11.8 Å². The molecule has 1 aromatic rings. The fraction of sp³-hybridized carbons (Fsp3) is 0.400. The van der Waals surface area contributed by atoms with Gasteiger partial charge in [0.1, 0.15) is 5.03 Å². The zero-order chi connectivity index (χ0) is 11.4. The molecule has 3 nitrogen and oxygen atoms in total. The summed E-state index contributed by atoms with van der Waals surface area (Å²) in [4.78, 5) is 14.5. The Morgan fingerprint density at radius 3 is 2.93 bits per heavy atom. The van der Waals surface area contributed by atoms with Crippen molar-refractivity contribution in [2.45, 2.75) is 30.5 Å². The Bertz CT molecular complexity index is 370. The van der Waals surface area contributed by atoms with Crippen LogP contribution in [-0.4, -0.2) is 21.3 Å². The van der Waals surface area contributed by atoms with Crippen molar-refractivity contribution >= 4 is 17.7 Å². The smallest absolute Gasteiger partial charge is 0.338 e. The lowest BCUT2D eigenvalue weighted by Crippen LogP contribution is -2.04. The Morgan fingerprint density at radius 2 is 2.40 bits per heavy atom. The fourth-order valence-electron chi connectivity index (χ4n) is 0.946. The minimum absolute atomic E-state index is 0.157. The van der Waals surface area contributed by atoms with Crippen molar-refractivity contribution in [1.82, 2.24) is 4.98 Å². The number of aromatic nitrogens is 1. The molecule has 82 valence electrons. The first-order valence-corrected chi connectivity index (χ1v) is 5.48. The molecular formula is C10H12FNO2S. The van der Waals surface area contributed by atoms with Gasteiger partial charge in [0.2, 0.25) is 0 Å². The lowest BCUT2D eigenvalue weighted by molar-refractivity contribution is 0.0691. The summed E-state index contributed by atoms with van der Waals surface area (Å²) in [5.41, 5.74) is -0.323. The van der Waals surface area contributed by atoms with E-state index in [1.165, 1.54) is 24.0 Å². The van der Waals surface area contributed by atoms with Gasteiger partial charge in [-0.25, -0.2) is 14.2 Å². The van der Waals surface area contributed by atoms with Crippen molar-refractivity contribution in [3.05, 3.63) is 23.6 Å². The molecule has 1 aromatic heterocycles. The minimum atomic E-state index is -1.26. The topological polar surface area (TPSA) is 50.2 Å². The first-order valence-electron chi connectivity index (χ1n) is 4.60. The highest BCUT2D eigenvalue weighted by Gasteiger charge is 2.16. The monoisotopic (exact) mass is 229 g/mol. The lowest BCUT2D eigenvalue weighted by Gasteiger charge is -2.08. The SMILES string of the molecule is CCC(C)Sc1nccc(C(=O)O)c1F. The third-order valence-electron chi connectivity index (χ3n) is 1.98. The van der Waals surface area contributed by atoms with Crippen LogP contribution < -0.4 is 0 Å². The standard InChI is InChI=1S/C10H12FNO2S/c1-3-6(2)15-9-8(11)7(10(13)14)4-5-12-9/h4-6H,3H2,1-2H3,(H,13,14). The number of carboxylic acid groups (broad SMARTS) is 1. The van der Waals surface area contributed by atoms with Gasteiger partial charge in [-0.2, -0.15) is 0 Å². The van der Waals surface area contributed by atoms with E-state index in [9.17, 15) is 9.18 Å². The van der Waals surface area contributed by atoms with E-state index in [4.69, 9.17) is 5.11 Å². The molecule has 1 N–H and O–H groups in total. The summed E-state index contributed by atoms with van der Waals surface area (Å²) >= 11 is 1.25. The largest absolute Gasteiger partial charge is 0.478 e. The van der Waals surface area contributed by atoms with Gasteiger partial charge >= 0.3 is 5.97 Å². The van der Waals surface area contributed by atoms with Crippen LogP contribution in [0.15, 0.2) is 17.3 Å². The molecule has 15 heavy (non-hydrogen) atoms. The highest BCUT2D eigenvalue weighted by atomic mass is 32.2. The van der Waals surface area contributed by atoms with E-state index in [1.54, 1.807) is 0 Å². The Labute approximate surface area is 91.7 Å². The van der Waals surface area contributed by atoms with E-state index in [0.717, 1.165) is 6.42 Å². The number of hydrogen-bond donors (Lipinski definition) is 1. The predicted molar refractivity (Wildman–Crippen MR) is 56.8 cm³/mol. The average molecular weight is 229 g/mol. The van der Waals surface area contributed by atoms with Crippen molar-refractivity contribution in [3.63, 3.8) is 0 Å². The van der Waals surface area contributed by atoms with Gasteiger partial charge in [0.05, 0.1) is 5.56 Å². The normalized spacial score (nSPS) is 12.5. The number of nitrogens with zero attached hydrogens (tertiary/aromatic N) is 1.